The maximum absolute atomic E-state index is 5.57. The van der Waals surface area contributed by atoms with Crippen LogP contribution in [0.5, 0.6) is 0 Å². The van der Waals surface area contributed by atoms with Crippen LogP contribution in [-0.2, 0) is 4.74 Å². The predicted molar refractivity (Wildman–Crippen MR) is 86.2 cm³/mol. The predicted octanol–water partition coefficient (Wildman–Crippen LogP) is 2.79. The summed E-state index contributed by atoms with van der Waals surface area (Å²) in [4.78, 5) is 4.30. The zero-order chi connectivity index (χ0) is 14.8. The molecule has 20 heavy (non-hydrogen) atoms. The number of hydrogen-bond acceptors (Lipinski definition) is 2. The zero-order valence-corrected chi connectivity index (χ0v) is 13.7. The number of aliphatic imine (C=N–C) groups is 1. The van der Waals surface area contributed by atoms with Crippen molar-refractivity contribution in [3.05, 3.63) is 0 Å². The summed E-state index contributed by atoms with van der Waals surface area (Å²) in [5, 5.41) is 6.91. The fraction of sp³-hybridized carbons (Fsp3) is 0.938. The molecule has 1 fully saturated rings. The lowest BCUT2D eigenvalue weighted by Crippen LogP contribution is -2.45. The Kier molecular flexibility index (Phi) is 8.67. The van der Waals surface area contributed by atoms with Gasteiger partial charge in [-0.3, -0.25) is 4.99 Å². The number of ether oxygens (including phenoxy) is 1. The van der Waals surface area contributed by atoms with E-state index in [0.29, 0.717) is 12.0 Å². The van der Waals surface area contributed by atoms with Gasteiger partial charge in [0.25, 0.3) is 0 Å². The Hall–Kier alpha value is -0.770. The Morgan fingerprint density at radius 3 is 2.55 bits per heavy atom. The molecule has 118 valence electrons. The lowest BCUT2D eigenvalue weighted by atomic mass is 9.87. The van der Waals surface area contributed by atoms with E-state index in [1.54, 1.807) is 0 Å². The fourth-order valence-corrected chi connectivity index (χ4v) is 2.49. The molecule has 4 heteroatoms. The molecule has 0 radical (unpaired) electrons. The van der Waals surface area contributed by atoms with Crippen LogP contribution in [0.4, 0.5) is 0 Å². The summed E-state index contributed by atoms with van der Waals surface area (Å²) in [6.45, 7) is 9.29. The monoisotopic (exact) mass is 283 g/mol. The molecule has 0 aromatic heterocycles. The van der Waals surface area contributed by atoms with Crippen molar-refractivity contribution in [2.24, 2.45) is 16.8 Å². The van der Waals surface area contributed by atoms with Gasteiger partial charge in [-0.05, 0) is 43.9 Å². The quantitative estimate of drug-likeness (QED) is 0.429. The van der Waals surface area contributed by atoms with Gasteiger partial charge in [0.15, 0.2) is 5.96 Å². The largest absolute Gasteiger partial charge is 0.381 e. The van der Waals surface area contributed by atoms with Crippen LogP contribution in [0, 0.1) is 11.8 Å². The molecule has 0 spiro atoms. The fourth-order valence-electron chi connectivity index (χ4n) is 2.49. The zero-order valence-electron chi connectivity index (χ0n) is 13.7. The van der Waals surface area contributed by atoms with Crippen molar-refractivity contribution in [1.29, 1.82) is 0 Å². The Morgan fingerprint density at radius 1 is 1.25 bits per heavy atom. The van der Waals surface area contributed by atoms with E-state index in [0.717, 1.165) is 38.1 Å². The molecule has 4 nitrogen and oxygen atoms in total. The molecule has 1 saturated carbocycles. The molecule has 1 aliphatic carbocycles. The van der Waals surface area contributed by atoms with Crippen LogP contribution in [0.2, 0.25) is 0 Å². The van der Waals surface area contributed by atoms with Gasteiger partial charge in [0, 0.05) is 32.8 Å². The maximum atomic E-state index is 5.57. The summed E-state index contributed by atoms with van der Waals surface area (Å²) in [6, 6.07) is 0.592. The minimum atomic E-state index is 0.592. The molecule has 1 rings (SSSR count). The third kappa shape index (κ3) is 7.73. The standard InChI is InChI=1S/C16H33N3O/c1-13(2)12-20-11-5-10-18-16(17-4)19-15-8-6-14(3)7-9-15/h13-15H,5-12H2,1-4H3,(H2,17,18,19). The molecule has 0 aliphatic heterocycles. The molecule has 1 aliphatic rings. The van der Waals surface area contributed by atoms with Gasteiger partial charge in [0.05, 0.1) is 0 Å². The third-order valence-corrected chi connectivity index (χ3v) is 3.79. The van der Waals surface area contributed by atoms with Crippen molar-refractivity contribution in [3.63, 3.8) is 0 Å². The van der Waals surface area contributed by atoms with E-state index < -0.39 is 0 Å². The molecule has 0 amide bonds. The second-order valence-electron chi connectivity index (χ2n) is 6.42. The van der Waals surface area contributed by atoms with Crippen LogP contribution < -0.4 is 10.6 Å². The SMILES string of the molecule is CN=C(NCCCOCC(C)C)NC1CCC(C)CC1. The van der Waals surface area contributed by atoms with Crippen LogP contribution in [0.25, 0.3) is 0 Å². The first-order chi connectivity index (χ1) is 9.61. The second-order valence-corrected chi connectivity index (χ2v) is 6.42. The molecule has 2 N–H and O–H groups in total. The summed E-state index contributed by atoms with van der Waals surface area (Å²) in [5.74, 6) is 2.45. The van der Waals surface area contributed by atoms with E-state index in [2.05, 4.69) is 36.4 Å². The van der Waals surface area contributed by atoms with Crippen molar-refractivity contribution < 1.29 is 4.74 Å². The van der Waals surface area contributed by atoms with Gasteiger partial charge in [-0.15, -0.1) is 0 Å². The van der Waals surface area contributed by atoms with E-state index in [1.165, 1.54) is 25.7 Å². The average Bonchev–Trinajstić information content (AvgIpc) is 2.43. The van der Waals surface area contributed by atoms with Gasteiger partial charge in [-0.25, -0.2) is 0 Å². The summed E-state index contributed by atoms with van der Waals surface area (Å²) in [5.41, 5.74) is 0. The number of nitrogens with zero attached hydrogens (tertiary/aromatic N) is 1. The Bertz CT molecular complexity index is 271. The molecular weight excluding hydrogens is 250 g/mol. The highest BCUT2D eigenvalue weighted by molar-refractivity contribution is 5.79. The number of rotatable bonds is 7. The molecular formula is C16H33N3O. The van der Waals surface area contributed by atoms with Gasteiger partial charge < -0.3 is 15.4 Å². The minimum absolute atomic E-state index is 0.592. The molecule has 0 unspecified atom stereocenters. The van der Waals surface area contributed by atoms with E-state index in [9.17, 15) is 0 Å². The summed E-state index contributed by atoms with van der Waals surface area (Å²) >= 11 is 0. The van der Waals surface area contributed by atoms with Crippen LogP contribution in [0.3, 0.4) is 0 Å². The van der Waals surface area contributed by atoms with Crippen LogP contribution >= 0.6 is 0 Å². The molecule has 0 atom stereocenters. The van der Waals surface area contributed by atoms with Crippen molar-refractivity contribution in [3.8, 4) is 0 Å². The summed E-state index contributed by atoms with van der Waals surface area (Å²) in [6.07, 6.45) is 6.21. The van der Waals surface area contributed by atoms with Crippen molar-refractivity contribution in [2.45, 2.75) is 58.9 Å². The third-order valence-electron chi connectivity index (χ3n) is 3.79. The molecule has 0 aromatic carbocycles. The molecule has 0 saturated heterocycles. The Labute approximate surface area is 124 Å². The number of guanidine groups is 1. The van der Waals surface area contributed by atoms with Gasteiger partial charge >= 0.3 is 0 Å². The number of nitrogens with one attached hydrogen (secondary N) is 2. The molecule has 0 bridgehead atoms. The lowest BCUT2D eigenvalue weighted by molar-refractivity contribution is 0.108. The highest BCUT2D eigenvalue weighted by Crippen LogP contribution is 2.23. The number of hydrogen-bond donors (Lipinski definition) is 2. The van der Waals surface area contributed by atoms with Gasteiger partial charge in [-0.2, -0.15) is 0 Å². The summed E-state index contributed by atoms with van der Waals surface area (Å²) in [7, 11) is 1.84. The smallest absolute Gasteiger partial charge is 0.191 e. The van der Waals surface area contributed by atoms with Crippen molar-refractivity contribution in [1.82, 2.24) is 10.6 Å². The van der Waals surface area contributed by atoms with Crippen LogP contribution in [0.15, 0.2) is 4.99 Å². The topological polar surface area (TPSA) is 45.7 Å². The Morgan fingerprint density at radius 2 is 1.95 bits per heavy atom. The van der Waals surface area contributed by atoms with E-state index in [1.807, 2.05) is 7.05 Å². The second kappa shape index (κ2) is 10.0. The first-order valence-electron chi connectivity index (χ1n) is 8.16. The van der Waals surface area contributed by atoms with Crippen LogP contribution in [-0.4, -0.2) is 38.8 Å². The average molecular weight is 283 g/mol. The lowest BCUT2D eigenvalue weighted by Gasteiger charge is -2.28. The summed E-state index contributed by atoms with van der Waals surface area (Å²) < 4.78 is 5.57. The minimum Gasteiger partial charge on any atom is -0.381 e. The van der Waals surface area contributed by atoms with Crippen LogP contribution in [0.1, 0.15) is 52.9 Å². The Balaban J connectivity index is 2.08. The molecule has 0 aromatic rings. The first kappa shape index (κ1) is 17.3. The van der Waals surface area contributed by atoms with E-state index in [-0.39, 0.29) is 0 Å². The highest BCUT2D eigenvalue weighted by atomic mass is 16.5. The van der Waals surface area contributed by atoms with Gasteiger partial charge in [0.2, 0.25) is 0 Å². The highest BCUT2D eigenvalue weighted by Gasteiger charge is 2.18. The van der Waals surface area contributed by atoms with Gasteiger partial charge in [-0.1, -0.05) is 20.8 Å². The van der Waals surface area contributed by atoms with Gasteiger partial charge in [0.1, 0.15) is 0 Å². The van der Waals surface area contributed by atoms with Crippen molar-refractivity contribution in [2.75, 3.05) is 26.8 Å². The van der Waals surface area contributed by atoms with E-state index >= 15 is 0 Å². The molecule has 0 heterocycles. The van der Waals surface area contributed by atoms with E-state index in [4.69, 9.17) is 4.74 Å². The normalized spacial score (nSPS) is 23.9. The first-order valence-corrected chi connectivity index (χ1v) is 8.16. The van der Waals surface area contributed by atoms with Crippen molar-refractivity contribution >= 4 is 5.96 Å². The maximum Gasteiger partial charge on any atom is 0.191 e.